The van der Waals surface area contributed by atoms with Gasteiger partial charge in [-0.05, 0) is 109 Å². The summed E-state index contributed by atoms with van der Waals surface area (Å²) in [5, 5.41) is 12.6. The largest absolute Gasteiger partial charge is 0.309 e. The summed E-state index contributed by atoms with van der Waals surface area (Å²) in [4.78, 5) is 0. The topological polar surface area (TPSA) is 9.86 Å². The maximum absolute atomic E-state index is 2.50. The van der Waals surface area contributed by atoms with Gasteiger partial charge in [0, 0.05) is 38.0 Å². The summed E-state index contributed by atoms with van der Waals surface area (Å²) < 4.78 is 4.94. The molecule has 0 N–H and O–H groups in total. The number of aromatic nitrogens is 2. The highest BCUT2D eigenvalue weighted by atomic mass is 15.0. The molecular weight excluding hydrogens is 749 g/mol. The molecule has 62 heavy (non-hydrogen) atoms. The van der Waals surface area contributed by atoms with Gasteiger partial charge in [-0.1, -0.05) is 176 Å². The van der Waals surface area contributed by atoms with Gasteiger partial charge in [0.05, 0.1) is 27.8 Å². The second-order valence-corrected chi connectivity index (χ2v) is 16.8. The van der Waals surface area contributed by atoms with Crippen molar-refractivity contribution in [3.8, 4) is 55.9 Å². The molecule has 1 aliphatic rings. The van der Waals surface area contributed by atoms with E-state index in [9.17, 15) is 0 Å². The lowest BCUT2D eigenvalue weighted by Gasteiger charge is -2.17. The van der Waals surface area contributed by atoms with Crippen molar-refractivity contribution < 1.29 is 0 Å². The normalized spacial score (nSPS) is 12.2. The standard InChI is InChI=1S/C60H36N2/c1-2-14-40(15-3-1)61-57-33-27-38(35-54(57)53-29-25-37-13-4-5-16-41(37)60(53)61)39-26-28-49-48-21-10-11-24-55(48)62(58(49)36-39)56-34-32-45(42-17-8-9-20-47(42)56)46-30-31-52-44-19-7-6-18-43(44)50-22-12-23-51(46)59(50)52/h1-36H. The van der Waals surface area contributed by atoms with Gasteiger partial charge in [-0.3, -0.25) is 0 Å². The van der Waals surface area contributed by atoms with Crippen molar-refractivity contribution in [1.29, 1.82) is 0 Å². The van der Waals surface area contributed by atoms with Crippen LogP contribution in [-0.2, 0) is 0 Å². The van der Waals surface area contributed by atoms with E-state index >= 15 is 0 Å². The van der Waals surface area contributed by atoms with E-state index < -0.39 is 0 Å². The van der Waals surface area contributed by atoms with Crippen molar-refractivity contribution in [1.82, 2.24) is 9.13 Å². The highest BCUT2D eigenvalue weighted by Gasteiger charge is 2.24. The molecule has 1 aliphatic carbocycles. The molecular formula is C60H36N2. The monoisotopic (exact) mass is 784 g/mol. The molecule has 0 radical (unpaired) electrons. The zero-order valence-corrected chi connectivity index (χ0v) is 33.7. The Kier molecular flexibility index (Phi) is 6.86. The Labute approximate surface area is 357 Å². The van der Waals surface area contributed by atoms with Gasteiger partial charge in [0.15, 0.2) is 0 Å². The van der Waals surface area contributed by atoms with Gasteiger partial charge in [0.1, 0.15) is 0 Å². The highest BCUT2D eigenvalue weighted by molar-refractivity contribution is 6.22. The fourth-order valence-electron chi connectivity index (χ4n) is 11.0. The fraction of sp³-hybridized carbons (Fsp3) is 0. The molecule has 0 amide bonds. The van der Waals surface area contributed by atoms with E-state index in [-0.39, 0.29) is 0 Å². The second-order valence-electron chi connectivity index (χ2n) is 16.8. The number of nitrogens with zero attached hydrogens (tertiary/aromatic N) is 2. The predicted octanol–water partition coefficient (Wildman–Crippen LogP) is 16.3. The van der Waals surface area contributed by atoms with Gasteiger partial charge in [0.25, 0.3) is 0 Å². The fourth-order valence-corrected chi connectivity index (χ4v) is 11.0. The number of fused-ring (bicyclic) bond motifs is 12. The lowest BCUT2D eigenvalue weighted by Crippen LogP contribution is -1.97. The van der Waals surface area contributed by atoms with Crippen LogP contribution in [0.2, 0.25) is 0 Å². The molecule has 0 spiro atoms. The first-order chi connectivity index (χ1) is 30.8. The van der Waals surface area contributed by atoms with E-state index in [2.05, 4.69) is 228 Å². The van der Waals surface area contributed by atoms with Crippen LogP contribution in [0, 0.1) is 0 Å². The Morgan fingerprint density at radius 3 is 1.71 bits per heavy atom. The third kappa shape index (κ3) is 4.58. The molecule has 0 fully saturated rings. The Bertz CT molecular complexity index is 4000. The van der Waals surface area contributed by atoms with Crippen LogP contribution < -0.4 is 0 Å². The van der Waals surface area contributed by atoms with Crippen molar-refractivity contribution in [3.63, 3.8) is 0 Å². The van der Waals surface area contributed by atoms with E-state index in [0.29, 0.717) is 0 Å². The van der Waals surface area contributed by atoms with Gasteiger partial charge in [-0.2, -0.15) is 0 Å². The first kappa shape index (κ1) is 33.6. The SMILES string of the molecule is c1ccc(-n2c3ccc(-c4ccc5c6ccccc6n(-c6ccc(-c7ccc8c9c(cccc79)-c7ccccc7-8)c7ccccc67)c5c4)cc3c3ccc4ccccc4c32)cc1. The van der Waals surface area contributed by atoms with E-state index in [0.717, 1.165) is 0 Å². The van der Waals surface area contributed by atoms with Crippen LogP contribution >= 0.6 is 0 Å². The van der Waals surface area contributed by atoms with Crippen LogP contribution in [-0.4, -0.2) is 9.13 Å². The van der Waals surface area contributed by atoms with Crippen molar-refractivity contribution in [3.05, 3.63) is 218 Å². The minimum absolute atomic E-state index is 1.17. The number of rotatable bonds is 4. The number of hydrogen-bond acceptors (Lipinski definition) is 0. The minimum Gasteiger partial charge on any atom is -0.309 e. The summed E-state index contributed by atoms with van der Waals surface area (Å²) in [5.74, 6) is 0. The summed E-state index contributed by atoms with van der Waals surface area (Å²) >= 11 is 0. The van der Waals surface area contributed by atoms with Gasteiger partial charge in [-0.25, -0.2) is 0 Å². The molecule has 14 rings (SSSR count). The Morgan fingerprint density at radius 1 is 0.258 bits per heavy atom. The molecule has 0 saturated carbocycles. The number of para-hydroxylation sites is 2. The molecule has 0 atom stereocenters. The Balaban J connectivity index is 0.976. The Morgan fingerprint density at radius 2 is 0.839 bits per heavy atom. The number of benzene rings is 11. The first-order valence-corrected chi connectivity index (χ1v) is 21.5. The van der Waals surface area contributed by atoms with Crippen LogP contribution in [0.25, 0.3) is 132 Å². The molecule has 2 nitrogen and oxygen atoms in total. The molecule has 2 aromatic heterocycles. The van der Waals surface area contributed by atoms with E-state index in [4.69, 9.17) is 0 Å². The molecule has 286 valence electrons. The minimum atomic E-state index is 1.17. The summed E-state index contributed by atoms with van der Waals surface area (Å²) in [5.41, 5.74) is 17.4. The molecule has 0 saturated heterocycles. The summed E-state index contributed by atoms with van der Waals surface area (Å²) in [7, 11) is 0. The number of hydrogen-bond donors (Lipinski definition) is 0. The van der Waals surface area contributed by atoms with Gasteiger partial charge in [-0.15, -0.1) is 0 Å². The molecule has 13 aromatic rings. The Hall–Kier alpha value is -8.20. The zero-order valence-electron chi connectivity index (χ0n) is 33.7. The van der Waals surface area contributed by atoms with E-state index in [1.807, 2.05) is 0 Å². The maximum atomic E-state index is 2.50. The first-order valence-electron chi connectivity index (χ1n) is 21.5. The van der Waals surface area contributed by atoms with Gasteiger partial charge >= 0.3 is 0 Å². The second kappa shape index (κ2) is 12.7. The third-order valence-corrected chi connectivity index (χ3v) is 13.7. The molecule has 0 bridgehead atoms. The quantitative estimate of drug-likeness (QED) is 0.168. The van der Waals surface area contributed by atoms with Crippen molar-refractivity contribution >= 4 is 75.9 Å². The third-order valence-electron chi connectivity index (χ3n) is 13.7. The summed E-state index contributed by atoms with van der Waals surface area (Å²) in [6, 6.07) is 81.0. The van der Waals surface area contributed by atoms with Crippen molar-refractivity contribution in [2.45, 2.75) is 0 Å². The van der Waals surface area contributed by atoms with Crippen LogP contribution in [0.1, 0.15) is 0 Å². The molecule has 2 heteroatoms. The lowest BCUT2D eigenvalue weighted by atomic mass is 9.91. The van der Waals surface area contributed by atoms with E-state index in [1.54, 1.807) is 0 Å². The average Bonchev–Trinajstić information content (AvgIpc) is 3.98. The molecule has 11 aromatic carbocycles. The van der Waals surface area contributed by atoms with Crippen molar-refractivity contribution in [2.24, 2.45) is 0 Å². The molecule has 0 unspecified atom stereocenters. The zero-order chi connectivity index (χ0) is 40.5. The van der Waals surface area contributed by atoms with Crippen LogP contribution in [0.4, 0.5) is 0 Å². The van der Waals surface area contributed by atoms with Crippen LogP contribution in [0.3, 0.4) is 0 Å². The van der Waals surface area contributed by atoms with Gasteiger partial charge in [0.2, 0.25) is 0 Å². The predicted molar refractivity (Wildman–Crippen MR) is 263 cm³/mol. The van der Waals surface area contributed by atoms with Crippen LogP contribution in [0.5, 0.6) is 0 Å². The lowest BCUT2D eigenvalue weighted by molar-refractivity contribution is 1.19. The highest BCUT2D eigenvalue weighted by Crippen LogP contribution is 2.50. The maximum Gasteiger partial charge on any atom is 0.0619 e. The van der Waals surface area contributed by atoms with Crippen LogP contribution in [0.15, 0.2) is 218 Å². The average molecular weight is 785 g/mol. The molecule has 2 heterocycles. The molecule has 0 aliphatic heterocycles. The summed E-state index contributed by atoms with van der Waals surface area (Å²) in [6.45, 7) is 0. The van der Waals surface area contributed by atoms with E-state index in [1.165, 1.54) is 132 Å². The smallest absolute Gasteiger partial charge is 0.0619 e. The summed E-state index contributed by atoms with van der Waals surface area (Å²) in [6.07, 6.45) is 0. The van der Waals surface area contributed by atoms with Gasteiger partial charge < -0.3 is 9.13 Å². The van der Waals surface area contributed by atoms with Crippen molar-refractivity contribution in [2.75, 3.05) is 0 Å².